The van der Waals surface area contributed by atoms with Crippen molar-refractivity contribution in [2.24, 2.45) is 52.8 Å². The number of rotatable bonds is 3. The number of Topliss-reactive ketones (excluding diaryl/α,β-unsaturated/α-hetero) is 1. The second-order valence-corrected chi connectivity index (χ2v) is 11.5. The zero-order valence-corrected chi connectivity index (χ0v) is 17.8. The van der Waals surface area contributed by atoms with Crippen molar-refractivity contribution in [3.63, 3.8) is 0 Å². The van der Waals surface area contributed by atoms with Crippen molar-refractivity contribution in [2.75, 3.05) is 0 Å². The Morgan fingerprint density at radius 1 is 1.03 bits per heavy atom. The topological polar surface area (TPSA) is 68.0 Å². The second-order valence-electron chi connectivity index (χ2n) is 11.5. The van der Waals surface area contributed by atoms with Crippen LogP contribution in [-0.4, -0.2) is 31.5 Å². The Labute approximate surface area is 173 Å². The lowest BCUT2D eigenvalue weighted by molar-refractivity contribution is -0.132. The molecular weight excluding hydrogens is 362 g/mol. The quantitative estimate of drug-likeness (QED) is 0.844. The van der Waals surface area contributed by atoms with E-state index in [1.165, 1.54) is 38.5 Å². The van der Waals surface area contributed by atoms with E-state index in [1.807, 2.05) is 0 Å². The lowest BCUT2D eigenvalue weighted by atomic mass is 9.49. The number of hydrogen-bond donors (Lipinski definition) is 1. The zero-order chi connectivity index (χ0) is 20.0. The minimum absolute atomic E-state index is 0.166. The maximum atomic E-state index is 13.2. The van der Waals surface area contributed by atoms with Crippen LogP contribution in [0.1, 0.15) is 65.2 Å². The van der Waals surface area contributed by atoms with Gasteiger partial charge in [-0.25, -0.2) is 0 Å². The maximum absolute atomic E-state index is 13.2. The summed E-state index contributed by atoms with van der Waals surface area (Å²) in [5, 5.41) is 19.2. The fourth-order valence-corrected chi connectivity index (χ4v) is 9.13. The molecule has 29 heavy (non-hydrogen) atoms. The van der Waals surface area contributed by atoms with E-state index in [9.17, 15) is 9.90 Å². The average molecular weight is 398 g/mol. The van der Waals surface area contributed by atoms with E-state index in [4.69, 9.17) is 0 Å². The summed E-state index contributed by atoms with van der Waals surface area (Å²) in [6.07, 6.45) is 13.0. The number of nitrogens with zero attached hydrogens (tertiary/aromatic N) is 3. The minimum Gasteiger partial charge on any atom is -0.389 e. The average Bonchev–Trinajstić information content (AvgIpc) is 3.03. The molecule has 0 aliphatic heterocycles. The van der Waals surface area contributed by atoms with Crippen LogP contribution in [0.3, 0.4) is 0 Å². The van der Waals surface area contributed by atoms with Gasteiger partial charge in [0.05, 0.1) is 18.0 Å². The predicted octanol–water partition coefficient (Wildman–Crippen LogP) is 3.72. The normalized spacial score (nSPS) is 52.8. The van der Waals surface area contributed by atoms with Gasteiger partial charge in [0.25, 0.3) is 0 Å². The van der Waals surface area contributed by atoms with Crippen molar-refractivity contribution in [2.45, 2.75) is 77.4 Å². The van der Waals surface area contributed by atoms with Crippen LogP contribution in [0.2, 0.25) is 0 Å². The van der Waals surface area contributed by atoms with Gasteiger partial charge >= 0.3 is 0 Å². The highest BCUT2D eigenvalue weighted by Gasteiger charge is 2.67. The zero-order valence-electron chi connectivity index (χ0n) is 17.8. The lowest BCUT2D eigenvalue weighted by Crippen LogP contribution is -2.51. The van der Waals surface area contributed by atoms with E-state index in [0.717, 1.165) is 36.5 Å². The predicted molar refractivity (Wildman–Crippen MR) is 109 cm³/mol. The number of ketones is 1. The summed E-state index contributed by atoms with van der Waals surface area (Å²) < 4.78 is 0. The second kappa shape index (κ2) is 6.15. The molecular formula is C24H35N3O2. The molecule has 5 saturated carbocycles. The number of carbonyl (C=O) groups is 1. The van der Waals surface area contributed by atoms with Gasteiger partial charge in [0.15, 0.2) is 5.78 Å². The molecule has 6 rings (SSSR count). The maximum Gasteiger partial charge on any atom is 0.159 e. The number of fused-ring (bicyclic) bond motifs is 7. The molecule has 5 nitrogen and oxygen atoms in total. The van der Waals surface area contributed by atoms with Gasteiger partial charge in [-0.05, 0) is 98.2 Å². The number of hydrogen-bond acceptors (Lipinski definition) is 4. The molecule has 5 aliphatic carbocycles. The standard InChI is InChI=1S/C24H35N3O2/c1-14-11-18-15-7-8-23(2)19(16(15)3-4-17(18)21-12-24(14,21)29)5-6-20(23)22(28)13-27-25-9-10-26-27/h9-10,14-21,29H,3-8,11-13H2,1-2H3/t14-,15+,16-,17-,18-,19+,20-,21?,23+,24-/m1/s1. The van der Waals surface area contributed by atoms with Gasteiger partial charge in [0.2, 0.25) is 0 Å². The van der Waals surface area contributed by atoms with Crippen LogP contribution in [0, 0.1) is 52.8 Å². The number of aliphatic hydroxyl groups is 1. The highest BCUT2D eigenvalue weighted by Crippen LogP contribution is 2.69. The van der Waals surface area contributed by atoms with Crippen LogP contribution in [0.5, 0.6) is 0 Å². The Hall–Kier alpha value is -1.23. The van der Waals surface area contributed by atoms with Gasteiger partial charge in [-0.3, -0.25) is 4.79 Å². The van der Waals surface area contributed by atoms with Crippen LogP contribution in [0.15, 0.2) is 12.4 Å². The van der Waals surface area contributed by atoms with Gasteiger partial charge < -0.3 is 5.11 Å². The Morgan fingerprint density at radius 2 is 1.76 bits per heavy atom. The van der Waals surface area contributed by atoms with E-state index in [-0.39, 0.29) is 16.9 Å². The Morgan fingerprint density at radius 3 is 2.52 bits per heavy atom. The molecule has 0 saturated heterocycles. The Balaban J connectivity index is 1.21. The minimum atomic E-state index is -0.317. The molecule has 5 aliphatic rings. The summed E-state index contributed by atoms with van der Waals surface area (Å²) in [6.45, 7) is 5.05. The first kappa shape index (κ1) is 18.5. The molecule has 0 radical (unpaired) electrons. The highest BCUT2D eigenvalue weighted by molar-refractivity contribution is 5.81. The fraction of sp³-hybridized carbons (Fsp3) is 0.875. The van der Waals surface area contributed by atoms with Gasteiger partial charge in [0, 0.05) is 5.92 Å². The monoisotopic (exact) mass is 397 g/mol. The summed E-state index contributed by atoms with van der Waals surface area (Å²) in [4.78, 5) is 14.7. The number of aromatic nitrogens is 3. The summed E-state index contributed by atoms with van der Waals surface area (Å²) in [5.74, 6) is 5.51. The van der Waals surface area contributed by atoms with Crippen molar-refractivity contribution in [3.8, 4) is 0 Å². The van der Waals surface area contributed by atoms with Crippen molar-refractivity contribution in [3.05, 3.63) is 12.4 Å². The number of carbonyl (C=O) groups excluding carboxylic acids is 1. The molecule has 10 atom stereocenters. The molecule has 0 aromatic carbocycles. The summed E-state index contributed by atoms with van der Waals surface area (Å²) in [6, 6.07) is 0. The summed E-state index contributed by atoms with van der Waals surface area (Å²) in [5.41, 5.74) is -0.151. The Kier molecular flexibility index (Phi) is 3.93. The van der Waals surface area contributed by atoms with E-state index >= 15 is 0 Å². The van der Waals surface area contributed by atoms with Crippen molar-refractivity contribution in [1.82, 2.24) is 15.0 Å². The van der Waals surface area contributed by atoms with Gasteiger partial charge in [-0.1, -0.05) is 13.8 Å². The van der Waals surface area contributed by atoms with Crippen LogP contribution < -0.4 is 0 Å². The largest absolute Gasteiger partial charge is 0.389 e. The van der Waals surface area contributed by atoms with Crippen LogP contribution in [-0.2, 0) is 11.3 Å². The molecule has 0 bridgehead atoms. The third-order valence-electron chi connectivity index (χ3n) is 10.6. The smallest absolute Gasteiger partial charge is 0.159 e. The van der Waals surface area contributed by atoms with Crippen molar-refractivity contribution < 1.29 is 9.90 Å². The molecule has 1 N–H and O–H groups in total. The SMILES string of the molecule is C[C@@H]1C[C@@H]2[C@H]3CC[C@]4(C)[C@@H](C(=O)Cn5nccn5)CC[C@H]4[C@@H]3CC[C@H]2C2C[C@]21O. The van der Waals surface area contributed by atoms with Crippen molar-refractivity contribution in [1.29, 1.82) is 0 Å². The molecule has 5 heteroatoms. The van der Waals surface area contributed by atoms with Crippen LogP contribution >= 0.6 is 0 Å². The van der Waals surface area contributed by atoms with E-state index in [2.05, 4.69) is 24.0 Å². The third kappa shape index (κ3) is 2.52. The first-order valence-corrected chi connectivity index (χ1v) is 12.0. The molecule has 1 heterocycles. The van der Waals surface area contributed by atoms with E-state index in [0.29, 0.717) is 30.1 Å². The molecule has 1 aromatic rings. The van der Waals surface area contributed by atoms with Crippen molar-refractivity contribution >= 4 is 5.78 Å². The molecule has 0 spiro atoms. The third-order valence-corrected chi connectivity index (χ3v) is 10.6. The Bertz CT molecular complexity index is 809. The van der Waals surface area contributed by atoms with Gasteiger partial charge in [-0.2, -0.15) is 15.0 Å². The summed E-state index contributed by atoms with van der Waals surface area (Å²) >= 11 is 0. The fourth-order valence-electron chi connectivity index (χ4n) is 9.13. The van der Waals surface area contributed by atoms with Gasteiger partial charge in [0.1, 0.15) is 6.54 Å². The molecule has 1 unspecified atom stereocenters. The van der Waals surface area contributed by atoms with E-state index in [1.54, 1.807) is 17.2 Å². The molecule has 1 aromatic heterocycles. The lowest BCUT2D eigenvalue weighted by Gasteiger charge is -2.56. The van der Waals surface area contributed by atoms with E-state index < -0.39 is 0 Å². The summed E-state index contributed by atoms with van der Waals surface area (Å²) in [7, 11) is 0. The van der Waals surface area contributed by atoms with Gasteiger partial charge in [-0.15, -0.1) is 0 Å². The first-order chi connectivity index (χ1) is 13.9. The molecule has 158 valence electrons. The first-order valence-electron chi connectivity index (χ1n) is 12.0. The molecule has 5 fully saturated rings. The molecule has 0 amide bonds. The highest BCUT2D eigenvalue weighted by atomic mass is 16.3. The van der Waals surface area contributed by atoms with Crippen LogP contribution in [0.4, 0.5) is 0 Å². The van der Waals surface area contributed by atoms with Crippen LogP contribution in [0.25, 0.3) is 0 Å².